The SMILES string of the molecule is O=S(=O)(NCC1CCOC1)c1ccc(OC(F)(F)F)cc1. The molecule has 2 rings (SSSR count). The Balaban J connectivity index is 1.99. The summed E-state index contributed by atoms with van der Waals surface area (Å²) < 4.78 is 71.2. The first kappa shape index (κ1) is 16.1. The summed E-state index contributed by atoms with van der Waals surface area (Å²) in [6.45, 7) is 1.35. The zero-order chi connectivity index (χ0) is 15.5. The zero-order valence-corrected chi connectivity index (χ0v) is 11.7. The van der Waals surface area contributed by atoms with E-state index in [1.165, 1.54) is 0 Å². The Hall–Kier alpha value is -1.32. The van der Waals surface area contributed by atoms with E-state index in [9.17, 15) is 21.6 Å². The molecular weight excluding hydrogens is 311 g/mol. The third kappa shape index (κ3) is 4.87. The Morgan fingerprint density at radius 3 is 2.48 bits per heavy atom. The topological polar surface area (TPSA) is 64.6 Å². The molecule has 21 heavy (non-hydrogen) atoms. The molecule has 1 unspecified atom stereocenters. The molecule has 9 heteroatoms. The van der Waals surface area contributed by atoms with Crippen LogP contribution in [0.3, 0.4) is 0 Å². The molecule has 0 amide bonds. The molecule has 1 saturated heterocycles. The van der Waals surface area contributed by atoms with Crippen molar-refractivity contribution < 1.29 is 31.1 Å². The highest BCUT2D eigenvalue weighted by Crippen LogP contribution is 2.24. The normalized spacial score (nSPS) is 19.7. The van der Waals surface area contributed by atoms with Gasteiger partial charge in [-0.05, 0) is 36.6 Å². The monoisotopic (exact) mass is 325 g/mol. The molecule has 0 saturated carbocycles. The second kappa shape index (κ2) is 6.20. The molecule has 1 N–H and O–H groups in total. The van der Waals surface area contributed by atoms with Gasteiger partial charge in [-0.15, -0.1) is 13.2 Å². The number of alkyl halides is 3. The van der Waals surface area contributed by atoms with Crippen LogP contribution in [0.5, 0.6) is 5.75 Å². The van der Waals surface area contributed by atoms with Crippen LogP contribution in [-0.2, 0) is 14.8 Å². The largest absolute Gasteiger partial charge is 0.573 e. The summed E-state index contributed by atoms with van der Waals surface area (Å²) in [5, 5.41) is 0. The van der Waals surface area contributed by atoms with Gasteiger partial charge in [0.1, 0.15) is 5.75 Å². The van der Waals surface area contributed by atoms with Crippen LogP contribution < -0.4 is 9.46 Å². The van der Waals surface area contributed by atoms with E-state index in [0.717, 1.165) is 30.7 Å². The van der Waals surface area contributed by atoms with Crippen LogP contribution in [0.1, 0.15) is 6.42 Å². The summed E-state index contributed by atoms with van der Waals surface area (Å²) in [7, 11) is -3.75. The number of hydrogen-bond acceptors (Lipinski definition) is 4. The van der Waals surface area contributed by atoms with Crippen molar-refractivity contribution in [3.63, 3.8) is 0 Å². The number of rotatable bonds is 5. The van der Waals surface area contributed by atoms with Crippen molar-refractivity contribution in [1.82, 2.24) is 4.72 Å². The smallest absolute Gasteiger partial charge is 0.406 e. The van der Waals surface area contributed by atoms with Crippen molar-refractivity contribution in [2.45, 2.75) is 17.7 Å². The highest BCUT2D eigenvalue weighted by atomic mass is 32.2. The number of sulfonamides is 1. The molecule has 0 aromatic heterocycles. The van der Waals surface area contributed by atoms with E-state index in [-0.39, 0.29) is 17.4 Å². The molecule has 1 atom stereocenters. The molecule has 1 aromatic carbocycles. The van der Waals surface area contributed by atoms with E-state index in [0.29, 0.717) is 13.2 Å². The lowest BCUT2D eigenvalue weighted by Crippen LogP contribution is -2.29. The Bertz CT molecular complexity index is 565. The maximum atomic E-state index is 12.0. The van der Waals surface area contributed by atoms with Crippen molar-refractivity contribution >= 4 is 10.0 Å². The summed E-state index contributed by atoms with van der Waals surface area (Å²) in [6.07, 6.45) is -4.03. The van der Waals surface area contributed by atoms with Gasteiger partial charge in [-0.25, -0.2) is 13.1 Å². The molecule has 1 aliphatic heterocycles. The third-order valence-electron chi connectivity index (χ3n) is 2.95. The molecule has 0 bridgehead atoms. The lowest BCUT2D eigenvalue weighted by Gasteiger charge is -2.11. The number of hydrogen-bond donors (Lipinski definition) is 1. The number of nitrogens with one attached hydrogen (secondary N) is 1. The van der Waals surface area contributed by atoms with Gasteiger partial charge in [-0.1, -0.05) is 0 Å². The molecule has 0 spiro atoms. The first-order valence-corrected chi connectivity index (χ1v) is 7.68. The fourth-order valence-corrected chi connectivity index (χ4v) is 2.99. The van der Waals surface area contributed by atoms with E-state index in [1.54, 1.807) is 0 Å². The van der Waals surface area contributed by atoms with Crippen LogP contribution in [0.4, 0.5) is 13.2 Å². The maximum Gasteiger partial charge on any atom is 0.573 e. The van der Waals surface area contributed by atoms with Gasteiger partial charge < -0.3 is 9.47 Å². The summed E-state index contributed by atoms with van der Waals surface area (Å²) in [5.74, 6) is -0.349. The van der Waals surface area contributed by atoms with Gasteiger partial charge in [0, 0.05) is 13.2 Å². The van der Waals surface area contributed by atoms with Gasteiger partial charge in [0.2, 0.25) is 10.0 Å². The number of benzene rings is 1. The predicted octanol–water partition coefficient (Wildman–Crippen LogP) is 1.90. The van der Waals surface area contributed by atoms with E-state index in [1.807, 2.05) is 0 Å². The van der Waals surface area contributed by atoms with Gasteiger partial charge in [-0.3, -0.25) is 0 Å². The molecule has 0 aliphatic carbocycles. The van der Waals surface area contributed by atoms with E-state index in [2.05, 4.69) is 9.46 Å². The Kier molecular flexibility index (Phi) is 4.74. The van der Waals surface area contributed by atoms with Crippen LogP contribution in [0.25, 0.3) is 0 Å². The molecule has 1 aliphatic rings. The Morgan fingerprint density at radius 1 is 1.29 bits per heavy atom. The van der Waals surface area contributed by atoms with Gasteiger partial charge in [0.15, 0.2) is 0 Å². The molecule has 0 radical (unpaired) electrons. The fourth-order valence-electron chi connectivity index (χ4n) is 1.88. The molecule has 1 aromatic rings. The van der Waals surface area contributed by atoms with Crippen molar-refractivity contribution in [2.24, 2.45) is 5.92 Å². The van der Waals surface area contributed by atoms with Crippen molar-refractivity contribution in [2.75, 3.05) is 19.8 Å². The van der Waals surface area contributed by atoms with Crippen molar-refractivity contribution in [3.05, 3.63) is 24.3 Å². The highest BCUT2D eigenvalue weighted by Gasteiger charge is 2.31. The third-order valence-corrected chi connectivity index (χ3v) is 4.39. The van der Waals surface area contributed by atoms with Crippen LogP contribution >= 0.6 is 0 Å². The zero-order valence-electron chi connectivity index (χ0n) is 10.9. The lowest BCUT2D eigenvalue weighted by molar-refractivity contribution is -0.274. The molecule has 1 heterocycles. The summed E-state index contributed by atoms with van der Waals surface area (Å²) in [6, 6.07) is 4.05. The first-order chi connectivity index (χ1) is 9.76. The minimum absolute atomic E-state index is 0.115. The van der Waals surface area contributed by atoms with Crippen molar-refractivity contribution in [1.29, 1.82) is 0 Å². The summed E-state index contributed by atoms with van der Waals surface area (Å²) in [5.41, 5.74) is 0. The van der Waals surface area contributed by atoms with E-state index < -0.39 is 22.1 Å². The van der Waals surface area contributed by atoms with Crippen LogP contribution in [0.2, 0.25) is 0 Å². The lowest BCUT2D eigenvalue weighted by atomic mass is 10.1. The van der Waals surface area contributed by atoms with Gasteiger partial charge in [0.05, 0.1) is 11.5 Å². The number of halogens is 3. The maximum absolute atomic E-state index is 12.0. The van der Waals surface area contributed by atoms with Gasteiger partial charge >= 0.3 is 6.36 Å². The Morgan fingerprint density at radius 2 is 1.95 bits per heavy atom. The Labute approximate surface area is 120 Å². The van der Waals surface area contributed by atoms with Gasteiger partial charge in [-0.2, -0.15) is 0 Å². The molecular formula is C12H14F3NO4S. The second-order valence-electron chi connectivity index (χ2n) is 4.60. The number of ether oxygens (including phenoxy) is 2. The summed E-state index contributed by atoms with van der Waals surface area (Å²) in [4.78, 5) is -0.115. The summed E-state index contributed by atoms with van der Waals surface area (Å²) >= 11 is 0. The standard InChI is InChI=1S/C12H14F3NO4S/c13-12(14,15)20-10-1-3-11(4-2-10)21(17,18)16-7-9-5-6-19-8-9/h1-4,9,16H,5-8H2. The molecule has 118 valence electrons. The van der Waals surface area contributed by atoms with Crippen LogP contribution in [-0.4, -0.2) is 34.5 Å². The average molecular weight is 325 g/mol. The van der Waals surface area contributed by atoms with E-state index >= 15 is 0 Å². The molecule has 5 nitrogen and oxygen atoms in total. The van der Waals surface area contributed by atoms with Gasteiger partial charge in [0.25, 0.3) is 0 Å². The van der Waals surface area contributed by atoms with Crippen LogP contribution in [0, 0.1) is 5.92 Å². The average Bonchev–Trinajstić information content (AvgIpc) is 2.88. The minimum atomic E-state index is -4.80. The molecule has 1 fully saturated rings. The second-order valence-corrected chi connectivity index (χ2v) is 6.37. The van der Waals surface area contributed by atoms with Crippen molar-refractivity contribution in [3.8, 4) is 5.75 Å². The first-order valence-electron chi connectivity index (χ1n) is 6.19. The minimum Gasteiger partial charge on any atom is -0.406 e. The quantitative estimate of drug-likeness (QED) is 0.898. The highest BCUT2D eigenvalue weighted by molar-refractivity contribution is 7.89. The van der Waals surface area contributed by atoms with Crippen LogP contribution in [0.15, 0.2) is 29.2 Å². The van der Waals surface area contributed by atoms with E-state index in [4.69, 9.17) is 4.74 Å². The predicted molar refractivity (Wildman–Crippen MR) is 67.2 cm³/mol. The fraction of sp³-hybridized carbons (Fsp3) is 0.500.